The van der Waals surface area contributed by atoms with Crippen LogP contribution in [0.3, 0.4) is 0 Å². The first-order valence-corrected chi connectivity index (χ1v) is 8.46. The number of nitrogens with one attached hydrogen (secondary N) is 1. The molecule has 1 heterocycles. The van der Waals surface area contributed by atoms with Gasteiger partial charge in [0.1, 0.15) is 5.75 Å². The molecule has 24 heavy (non-hydrogen) atoms. The fourth-order valence-corrected chi connectivity index (χ4v) is 2.72. The number of carbonyl (C=O) groups excluding carboxylic acids is 1. The zero-order valence-corrected chi connectivity index (χ0v) is 14.6. The van der Waals surface area contributed by atoms with Gasteiger partial charge in [-0.05, 0) is 54.3 Å². The fraction of sp³-hybridized carbons (Fsp3) is 0.250. The molecule has 1 N–H and O–H groups in total. The number of benzene rings is 2. The van der Waals surface area contributed by atoms with E-state index in [0.29, 0.717) is 23.1 Å². The Morgan fingerprint density at radius 1 is 1.17 bits per heavy atom. The van der Waals surface area contributed by atoms with Crippen LogP contribution in [0.15, 0.2) is 42.5 Å². The molecule has 0 saturated heterocycles. The van der Waals surface area contributed by atoms with Crippen molar-refractivity contribution < 1.29 is 9.53 Å². The maximum Gasteiger partial charge on any atom is 0.256 e. The van der Waals surface area contributed by atoms with Gasteiger partial charge in [0, 0.05) is 21.8 Å². The molecule has 0 bridgehead atoms. The van der Waals surface area contributed by atoms with Gasteiger partial charge in [-0.2, -0.15) is 0 Å². The summed E-state index contributed by atoms with van der Waals surface area (Å²) in [5.41, 5.74) is 3.21. The SMILES string of the molecule is CC(C)CCOc1ccc(C=C2C(=O)Nc3ccc(Cl)cc32)cc1. The van der Waals surface area contributed by atoms with Crippen LogP contribution in [-0.4, -0.2) is 12.5 Å². The van der Waals surface area contributed by atoms with Crippen LogP contribution in [0.25, 0.3) is 11.6 Å². The highest BCUT2D eigenvalue weighted by atomic mass is 35.5. The molecule has 0 radical (unpaired) electrons. The number of ether oxygens (including phenoxy) is 1. The van der Waals surface area contributed by atoms with Crippen LogP contribution < -0.4 is 10.1 Å². The molecule has 124 valence electrons. The second kappa shape index (κ2) is 7.10. The lowest BCUT2D eigenvalue weighted by atomic mass is 10.0. The topological polar surface area (TPSA) is 38.3 Å². The molecule has 1 amide bonds. The molecule has 0 saturated carbocycles. The number of rotatable bonds is 5. The average molecular weight is 342 g/mol. The second-order valence-electron chi connectivity index (χ2n) is 6.30. The van der Waals surface area contributed by atoms with Crippen molar-refractivity contribution in [3.8, 4) is 5.75 Å². The summed E-state index contributed by atoms with van der Waals surface area (Å²) in [6.07, 6.45) is 2.90. The van der Waals surface area contributed by atoms with Gasteiger partial charge in [-0.1, -0.05) is 37.6 Å². The minimum absolute atomic E-state index is 0.107. The molecule has 2 aromatic carbocycles. The lowest BCUT2D eigenvalue weighted by Crippen LogP contribution is -2.03. The van der Waals surface area contributed by atoms with Gasteiger partial charge in [0.25, 0.3) is 5.91 Å². The number of carbonyl (C=O) groups is 1. The van der Waals surface area contributed by atoms with E-state index >= 15 is 0 Å². The van der Waals surface area contributed by atoms with E-state index in [2.05, 4.69) is 19.2 Å². The number of anilines is 1. The van der Waals surface area contributed by atoms with E-state index in [0.717, 1.165) is 29.0 Å². The summed E-state index contributed by atoms with van der Waals surface area (Å²) in [5, 5.41) is 3.47. The lowest BCUT2D eigenvalue weighted by Gasteiger charge is -2.08. The zero-order chi connectivity index (χ0) is 17.1. The molecule has 1 aliphatic heterocycles. The normalized spacial score (nSPS) is 14.8. The molecule has 0 fully saturated rings. The minimum Gasteiger partial charge on any atom is -0.494 e. The smallest absolute Gasteiger partial charge is 0.256 e. The number of amides is 1. The summed E-state index contributed by atoms with van der Waals surface area (Å²) in [7, 11) is 0. The molecule has 3 rings (SSSR count). The molecule has 1 aliphatic rings. The maximum absolute atomic E-state index is 12.2. The van der Waals surface area contributed by atoms with Crippen LogP contribution in [-0.2, 0) is 4.79 Å². The van der Waals surface area contributed by atoms with Gasteiger partial charge in [0.05, 0.1) is 6.61 Å². The Labute approximate surface area is 147 Å². The Morgan fingerprint density at radius 2 is 1.92 bits per heavy atom. The first kappa shape index (κ1) is 16.6. The van der Waals surface area contributed by atoms with Crippen molar-refractivity contribution in [1.29, 1.82) is 0 Å². The summed E-state index contributed by atoms with van der Waals surface area (Å²) in [6, 6.07) is 13.2. The van der Waals surface area contributed by atoms with Crippen LogP contribution >= 0.6 is 11.6 Å². The van der Waals surface area contributed by atoms with Crippen molar-refractivity contribution >= 4 is 34.8 Å². The Morgan fingerprint density at radius 3 is 2.62 bits per heavy atom. The molecule has 0 spiro atoms. The predicted octanol–water partition coefficient (Wildman–Crippen LogP) is 5.26. The predicted molar refractivity (Wildman–Crippen MR) is 99.3 cm³/mol. The van der Waals surface area contributed by atoms with E-state index in [9.17, 15) is 4.79 Å². The van der Waals surface area contributed by atoms with Crippen molar-refractivity contribution in [2.75, 3.05) is 11.9 Å². The van der Waals surface area contributed by atoms with Crippen LogP contribution in [0.5, 0.6) is 5.75 Å². The minimum atomic E-state index is -0.107. The van der Waals surface area contributed by atoms with E-state index in [-0.39, 0.29) is 5.91 Å². The molecule has 3 nitrogen and oxygen atoms in total. The molecule has 4 heteroatoms. The molecule has 0 aromatic heterocycles. The largest absolute Gasteiger partial charge is 0.494 e. The van der Waals surface area contributed by atoms with Crippen molar-refractivity contribution in [3.05, 3.63) is 58.6 Å². The highest BCUT2D eigenvalue weighted by Gasteiger charge is 2.24. The summed E-state index contributed by atoms with van der Waals surface area (Å²) in [5.74, 6) is 1.36. The van der Waals surface area contributed by atoms with Gasteiger partial charge in [0.2, 0.25) is 0 Å². The van der Waals surface area contributed by atoms with Gasteiger partial charge in [-0.3, -0.25) is 4.79 Å². The van der Waals surface area contributed by atoms with Gasteiger partial charge in [-0.15, -0.1) is 0 Å². The van der Waals surface area contributed by atoms with Crippen molar-refractivity contribution in [2.45, 2.75) is 20.3 Å². The standard InChI is InChI=1S/C20H20ClNO2/c1-13(2)9-10-24-16-6-3-14(4-7-16)11-18-17-12-15(21)5-8-19(17)22-20(18)23/h3-8,11-13H,9-10H2,1-2H3,(H,22,23). The molecule has 0 atom stereocenters. The van der Waals surface area contributed by atoms with E-state index in [1.807, 2.05) is 42.5 Å². The molecule has 0 aliphatic carbocycles. The van der Waals surface area contributed by atoms with Crippen LogP contribution in [0.1, 0.15) is 31.4 Å². The summed E-state index contributed by atoms with van der Waals surface area (Å²) < 4.78 is 5.72. The third-order valence-electron chi connectivity index (χ3n) is 3.92. The first-order chi connectivity index (χ1) is 11.5. The van der Waals surface area contributed by atoms with Gasteiger partial charge >= 0.3 is 0 Å². The monoisotopic (exact) mass is 341 g/mol. The Balaban J connectivity index is 1.77. The van der Waals surface area contributed by atoms with Crippen LogP contribution in [0.2, 0.25) is 5.02 Å². The first-order valence-electron chi connectivity index (χ1n) is 8.09. The third-order valence-corrected chi connectivity index (χ3v) is 4.15. The Bertz CT molecular complexity index is 779. The number of hydrogen-bond acceptors (Lipinski definition) is 2. The van der Waals surface area contributed by atoms with Gasteiger partial charge in [-0.25, -0.2) is 0 Å². The van der Waals surface area contributed by atoms with Crippen molar-refractivity contribution in [3.63, 3.8) is 0 Å². The molecule has 0 unspecified atom stereocenters. The number of fused-ring (bicyclic) bond motifs is 1. The van der Waals surface area contributed by atoms with E-state index in [4.69, 9.17) is 16.3 Å². The average Bonchev–Trinajstić information content (AvgIpc) is 2.84. The Hall–Kier alpha value is -2.26. The lowest BCUT2D eigenvalue weighted by molar-refractivity contribution is -0.110. The van der Waals surface area contributed by atoms with E-state index < -0.39 is 0 Å². The van der Waals surface area contributed by atoms with E-state index in [1.54, 1.807) is 6.07 Å². The molecular formula is C20H20ClNO2. The maximum atomic E-state index is 12.2. The summed E-state index contributed by atoms with van der Waals surface area (Å²) in [4.78, 5) is 12.2. The molecule has 2 aromatic rings. The van der Waals surface area contributed by atoms with Crippen molar-refractivity contribution in [2.24, 2.45) is 5.92 Å². The summed E-state index contributed by atoms with van der Waals surface area (Å²) in [6.45, 7) is 5.07. The highest BCUT2D eigenvalue weighted by Crippen LogP contribution is 2.35. The Kier molecular flexibility index (Phi) is 4.91. The third kappa shape index (κ3) is 3.80. The van der Waals surface area contributed by atoms with Crippen molar-refractivity contribution in [1.82, 2.24) is 0 Å². The molecular weight excluding hydrogens is 322 g/mol. The van der Waals surface area contributed by atoms with Gasteiger partial charge in [0.15, 0.2) is 0 Å². The zero-order valence-electron chi connectivity index (χ0n) is 13.8. The number of halogens is 1. The van der Waals surface area contributed by atoms with Crippen LogP contribution in [0, 0.1) is 5.92 Å². The number of hydrogen-bond donors (Lipinski definition) is 1. The van der Waals surface area contributed by atoms with E-state index in [1.165, 1.54) is 0 Å². The van der Waals surface area contributed by atoms with Gasteiger partial charge < -0.3 is 10.1 Å². The highest BCUT2D eigenvalue weighted by molar-refractivity contribution is 6.36. The quantitative estimate of drug-likeness (QED) is 0.753. The second-order valence-corrected chi connectivity index (χ2v) is 6.74. The fourth-order valence-electron chi connectivity index (χ4n) is 2.54. The van der Waals surface area contributed by atoms with Crippen LogP contribution in [0.4, 0.5) is 5.69 Å². The summed E-state index contributed by atoms with van der Waals surface area (Å²) >= 11 is 6.05.